The summed E-state index contributed by atoms with van der Waals surface area (Å²) in [6, 6.07) is 89.2. The van der Waals surface area contributed by atoms with E-state index in [0.717, 1.165) is 76.0 Å². The van der Waals surface area contributed by atoms with Crippen LogP contribution in [0.25, 0.3) is 86.7 Å². The predicted octanol–water partition coefficient (Wildman–Crippen LogP) is 19.6. The third-order valence-corrected chi connectivity index (χ3v) is 17.8. The Morgan fingerprint density at radius 2 is 0.630 bits per heavy atom. The molecule has 0 fully saturated rings. The van der Waals surface area contributed by atoms with Gasteiger partial charge in [0.1, 0.15) is 33.7 Å². The Bertz CT molecular complexity index is 4270. The minimum absolute atomic E-state index is 0.401. The van der Waals surface area contributed by atoms with E-state index in [1.807, 2.05) is 11.3 Å². The fraction of sp³-hybridized carbons (Fsp3) is 0.132. The Labute approximate surface area is 477 Å². The average molecular weight is 1060 g/mol. The molecule has 5 heteroatoms. The van der Waals surface area contributed by atoms with Gasteiger partial charge in [-0.2, -0.15) is 0 Å². The highest BCUT2D eigenvalue weighted by molar-refractivity contribution is 7.21. The third-order valence-electron chi connectivity index (χ3n) is 16.6. The van der Waals surface area contributed by atoms with Gasteiger partial charge < -0.3 is 9.47 Å². The summed E-state index contributed by atoms with van der Waals surface area (Å²) in [5, 5.41) is 4.07. The van der Waals surface area contributed by atoms with E-state index in [1.54, 1.807) is 0 Å². The fourth-order valence-corrected chi connectivity index (χ4v) is 15.0. The summed E-state index contributed by atoms with van der Waals surface area (Å²) in [5.41, 5.74) is 18.5. The minimum atomic E-state index is -0.585. The summed E-state index contributed by atoms with van der Waals surface area (Å²) in [6.07, 6.45) is 0. The van der Waals surface area contributed by atoms with Crippen LogP contribution in [0.3, 0.4) is 0 Å². The Balaban J connectivity index is 1.09. The molecular weight excluding hydrogens is 1000 g/mol. The first-order valence-electron chi connectivity index (χ1n) is 28.1. The third kappa shape index (κ3) is 7.41. The molecule has 11 aromatic carbocycles. The molecule has 0 aliphatic heterocycles. The van der Waals surface area contributed by atoms with Crippen molar-refractivity contribution in [1.29, 1.82) is 0 Å². The van der Waals surface area contributed by atoms with Gasteiger partial charge >= 0.3 is 0 Å². The molecule has 81 heavy (non-hydrogen) atoms. The summed E-state index contributed by atoms with van der Waals surface area (Å²) in [7, 11) is 0. The molecule has 0 saturated carbocycles. The van der Waals surface area contributed by atoms with Gasteiger partial charge in [0.25, 0.3) is 0 Å². The van der Waals surface area contributed by atoms with Crippen molar-refractivity contribution >= 4 is 54.9 Å². The molecule has 2 heterocycles. The van der Waals surface area contributed by atoms with Gasteiger partial charge in [-0.05, 0) is 155 Å². The maximum atomic E-state index is 6.60. The van der Waals surface area contributed by atoms with E-state index < -0.39 is 22.0 Å². The van der Waals surface area contributed by atoms with Crippen LogP contribution in [-0.2, 0) is 10.8 Å². The van der Waals surface area contributed by atoms with Gasteiger partial charge in [-0.15, -0.1) is 11.3 Å². The fourth-order valence-electron chi connectivity index (χ4n) is 13.8. The van der Waals surface area contributed by atoms with Crippen molar-refractivity contribution in [2.75, 3.05) is 0 Å². The zero-order chi connectivity index (χ0) is 54.8. The average Bonchev–Trinajstić information content (AvgIpc) is 3.13. The van der Waals surface area contributed by atoms with Gasteiger partial charge in [-0.25, -0.2) is 9.97 Å². The summed E-state index contributed by atoms with van der Waals surface area (Å²) >= 11 is 1.82. The normalized spacial score (nSPS) is 14.0. The molecule has 13 aromatic rings. The first-order chi connectivity index (χ1) is 39.4. The highest BCUT2D eigenvalue weighted by Gasteiger charge is 2.49. The smallest absolute Gasteiger partial charge is 0.120 e. The van der Waals surface area contributed by atoms with Crippen LogP contribution in [-0.4, -0.2) is 21.2 Å². The predicted molar refractivity (Wildman–Crippen MR) is 336 cm³/mol. The zero-order valence-corrected chi connectivity index (χ0v) is 47.0. The number of benzene rings is 11. The molecule has 0 N–H and O–H groups in total. The lowest BCUT2D eigenvalue weighted by Crippen LogP contribution is -2.28. The quantitative estimate of drug-likeness (QED) is 0.142. The Morgan fingerprint density at radius 1 is 0.309 bits per heavy atom. The molecule has 390 valence electrons. The van der Waals surface area contributed by atoms with Crippen molar-refractivity contribution in [2.24, 2.45) is 0 Å². The lowest BCUT2D eigenvalue weighted by molar-refractivity contribution is 0.130. The van der Waals surface area contributed by atoms with Crippen LogP contribution >= 0.6 is 11.3 Å². The van der Waals surface area contributed by atoms with Crippen molar-refractivity contribution in [1.82, 2.24) is 9.97 Å². The lowest BCUT2D eigenvalue weighted by Gasteiger charge is -2.34. The van der Waals surface area contributed by atoms with Gasteiger partial charge in [0.15, 0.2) is 0 Å². The number of hydrogen-bond donors (Lipinski definition) is 0. The van der Waals surface area contributed by atoms with Crippen LogP contribution in [0.1, 0.15) is 86.1 Å². The second kappa shape index (κ2) is 18.2. The van der Waals surface area contributed by atoms with Crippen LogP contribution in [0.4, 0.5) is 0 Å². The van der Waals surface area contributed by atoms with Gasteiger partial charge in [-0.3, -0.25) is 0 Å². The van der Waals surface area contributed by atoms with E-state index in [4.69, 9.17) is 19.4 Å². The maximum Gasteiger partial charge on any atom is 0.120 e. The van der Waals surface area contributed by atoms with E-state index in [2.05, 4.69) is 284 Å². The van der Waals surface area contributed by atoms with E-state index in [0.29, 0.717) is 0 Å². The summed E-state index contributed by atoms with van der Waals surface area (Å²) < 4.78 is 13.2. The molecule has 2 aliphatic rings. The largest absolute Gasteiger partial charge is 0.488 e. The standard InChI is InChI=1S/C76H58N2O2S/c1-73(2,3)79-51-41-43-53-59(45-51)60-46-52(80-74(4,5)6)42-44-54(60)68-67(53)77-69-70(78-68)72(58-36-24-40-64-66(58)56-34-20-22-38-62(56)76(64,49-29-15-9-16-30-49)50-31-17-10-18-32-50)81-71(69)57-35-23-39-63-65(57)55-33-19-21-37-61(55)75(63,47-25-11-7-12-26-47)48-27-13-8-14-28-48/h7-46H,1-6H3. The number of nitrogens with zero attached hydrogens (tertiary/aromatic N) is 2. The number of rotatable bonds is 8. The molecule has 15 rings (SSSR count). The van der Waals surface area contributed by atoms with Gasteiger partial charge in [0.05, 0.1) is 31.6 Å². The molecule has 0 atom stereocenters. The zero-order valence-electron chi connectivity index (χ0n) is 46.2. The molecule has 0 radical (unpaired) electrons. The lowest BCUT2D eigenvalue weighted by atomic mass is 9.67. The van der Waals surface area contributed by atoms with Crippen molar-refractivity contribution in [3.63, 3.8) is 0 Å². The summed E-state index contributed by atoms with van der Waals surface area (Å²) in [5.74, 6) is 1.59. The first-order valence-corrected chi connectivity index (χ1v) is 28.9. The number of ether oxygens (including phenoxy) is 2. The number of aromatic nitrogens is 2. The molecule has 0 amide bonds. The van der Waals surface area contributed by atoms with Crippen LogP contribution in [0, 0.1) is 0 Å². The van der Waals surface area contributed by atoms with Crippen molar-refractivity contribution in [3.05, 3.63) is 287 Å². The summed E-state index contributed by atoms with van der Waals surface area (Å²) in [4.78, 5) is 14.2. The number of fused-ring (bicyclic) bond motifs is 13. The maximum absolute atomic E-state index is 6.60. The van der Waals surface area contributed by atoms with E-state index in [9.17, 15) is 0 Å². The van der Waals surface area contributed by atoms with Crippen LogP contribution in [0.15, 0.2) is 243 Å². The number of hydrogen-bond acceptors (Lipinski definition) is 5. The SMILES string of the molecule is CC(C)(C)Oc1ccc2c(c1)c1cc(OC(C)(C)C)ccc1c1nc3c(-c4cccc5c4-c4ccccc4C5(c4ccccc4)c4ccccc4)sc(-c4cccc5c4-c4ccccc4C5(c4ccccc4)c4ccccc4)c3nc21. The molecule has 2 aromatic heterocycles. The van der Waals surface area contributed by atoms with Crippen molar-refractivity contribution in [2.45, 2.75) is 63.6 Å². The molecule has 0 saturated heterocycles. The Hall–Kier alpha value is -9.16. The van der Waals surface area contributed by atoms with Crippen LogP contribution in [0.5, 0.6) is 11.5 Å². The minimum Gasteiger partial charge on any atom is -0.488 e. The molecule has 0 spiro atoms. The van der Waals surface area contributed by atoms with E-state index in [1.165, 1.54) is 66.8 Å². The first kappa shape index (κ1) is 48.9. The monoisotopic (exact) mass is 1060 g/mol. The van der Waals surface area contributed by atoms with E-state index in [-0.39, 0.29) is 0 Å². The van der Waals surface area contributed by atoms with Crippen molar-refractivity contribution in [3.8, 4) is 54.6 Å². The topological polar surface area (TPSA) is 44.2 Å². The Kier molecular flexibility index (Phi) is 11.0. The number of thiophene rings is 1. The molecule has 0 unspecified atom stereocenters. The van der Waals surface area contributed by atoms with Crippen LogP contribution < -0.4 is 9.47 Å². The van der Waals surface area contributed by atoms with Crippen molar-refractivity contribution < 1.29 is 9.47 Å². The van der Waals surface area contributed by atoms with Gasteiger partial charge in [-0.1, -0.05) is 206 Å². The molecule has 4 nitrogen and oxygen atoms in total. The highest BCUT2D eigenvalue weighted by Crippen LogP contribution is 2.62. The highest BCUT2D eigenvalue weighted by atomic mass is 32.1. The molecule has 0 bridgehead atoms. The van der Waals surface area contributed by atoms with Crippen LogP contribution in [0.2, 0.25) is 0 Å². The Morgan fingerprint density at radius 3 is 0.988 bits per heavy atom. The van der Waals surface area contributed by atoms with E-state index >= 15 is 0 Å². The summed E-state index contributed by atoms with van der Waals surface area (Å²) in [6.45, 7) is 12.6. The molecular formula is C76H58N2O2S. The second-order valence-electron chi connectivity index (χ2n) is 23.7. The van der Waals surface area contributed by atoms with Gasteiger partial charge in [0, 0.05) is 21.9 Å². The second-order valence-corrected chi connectivity index (χ2v) is 24.8. The molecule has 2 aliphatic carbocycles. The van der Waals surface area contributed by atoms with Gasteiger partial charge in [0.2, 0.25) is 0 Å².